The third kappa shape index (κ3) is 3.80. The molecule has 0 bridgehead atoms. The summed E-state index contributed by atoms with van der Waals surface area (Å²) in [6, 6.07) is 14.2. The van der Waals surface area contributed by atoms with Gasteiger partial charge in [0.1, 0.15) is 6.26 Å². The summed E-state index contributed by atoms with van der Waals surface area (Å²) in [4.78, 5) is 4.25. The molecule has 0 aliphatic carbocycles. The van der Waals surface area contributed by atoms with Crippen molar-refractivity contribution in [2.75, 3.05) is 5.32 Å². The van der Waals surface area contributed by atoms with Crippen molar-refractivity contribution in [2.24, 2.45) is 0 Å². The molecule has 1 aromatic heterocycles. The Morgan fingerprint density at radius 3 is 2.56 bits per heavy atom. The van der Waals surface area contributed by atoms with Crippen molar-refractivity contribution in [1.82, 2.24) is 4.98 Å². The predicted molar refractivity (Wildman–Crippen MR) is 85.4 cm³/mol. The fourth-order valence-corrected chi connectivity index (χ4v) is 2.29. The molecule has 0 fully saturated rings. The summed E-state index contributed by atoms with van der Waals surface area (Å²) in [5, 5.41) is 11.6. The molecule has 0 atom stereocenters. The van der Waals surface area contributed by atoms with Crippen molar-refractivity contribution in [3.8, 4) is 17.5 Å². The molecule has 3 aromatic rings. The fraction of sp³-hybridized carbons (Fsp3) is 0.111. The minimum absolute atomic E-state index is 0.0360. The topological polar surface area (TPSA) is 61.9 Å². The zero-order valence-electron chi connectivity index (χ0n) is 12.8. The lowest BCUT2D eigenvalue weighted by Gasteiger charge is -2.14. The molecular weight excluding hydrogens is 331 g/mol. The zero-order chi connectivity index (χ0) is 17.9. The first kappa shape index (κ1) is 16.6. The molecule has 25 heavy (non-hydrogen) atoms. The molecule has 1 heterocycles. The number of alkyl halides is 3. The van der Waals surface area contributed by atoms with Gasteiger partial charge in [-0.05, 0) is 30.3 Å². The van der Waals surface area contributed by atoms with Crippen LogP contribution in [0.4, 0.5) is 18.9 Å². The van der Waals surface area contributed by atoms with Crippen LogP contribution in [0.15, 0.2) is 59.2 Å². The summed E-state index contributed by atoms with van der Waals surface area (Å²) in [7, 11) is 0. The number of oxazole rings is 1. The number of aromatic nitrogens is 1. The van der Waals surface area contributed by atoms with Gasteiger partial charge < -0.3 is 9.73 Å². The van der Waals surface area contributed by atoms with Crippen LogP contribution in [-0.4, -0.2) is 4.98 Å². The van der Waals surface area contributed by atoms with Crippen LogP contribution in [0.25, 0.3) is 11.5 Å². The summed E-state index contributed by atoms with van der Waals surface area (Å²) < 4.78 is 44.6. The van der Waals surface area contributed by atoms with E-state index in [4.69, 9.17) is 9.68 Å². The van der Waals surface area contributed by atoms with Crippen molar-refractivity contribution < 1.29 is 17.6 Å². The van der Waals surface area contributed by atoms with Crippen LogP contribution in [0, 0.1) is 11.3 Å². The molecule has 1 N–H and O–H groups in total. The molecule has 0 aliphatic heterocycles. The van der Waals surface area contributed by atoms with E-state index in [-0.39, 0.29) is 17.8 Å². The maximum Gasteiger partial charge on any atom is 0.418 e. The summed E-state index contributed by atoms with van der Waals surface area (Å²) in [5.74, 6) is 0.388. The Labute approximate surface area is 141 Å². The molecule has 0 radical (unpaired) electrons. The number of nitrogens with one attached hydrogen (secondary N) is 1. The van der Waals surface area contributed by atoms with Crippen molar-refractivity contribution in [3.63, 3.8) is 0 Å². The number of hydrogen-bond donors (Lipinski definition) is 1. The minimum atomic E-state index is -4.52. The number of hydrogen-bond acceptors (Lipinski definition) is 4. The standard InChI is InChI=1S/C18H12F3N3O/c19-18(20,21)15-7-6-12(9-22)8-16(15)23-10-14-11-25-17(24-14)13-4-2-1-3-5-13/h1-8,11,23H,10H2. The minimum Gasteiger partial charge on any atom is -0.444 e. The van der Waals surface area contributed by atoms with Crippen LogP contribution in [-0.2, 0) is 12.7 Å². The number of rotatable bonds is 4. The van der Waals surface area contributed by atoms with Crippen LogP contribution in [0.5, 0.6) is 0 Å². The van der Waals surface area contributed by atoms with E-state index in [1.165, 1.54) is 12.3 Å². The van der Waals surface area contributed by atoms with Gasteiger partial charge in [0.2, 0.25) is 5.89 Å². The molecule has 0 saturated carbocycles. The van der Waals surface area contributed by atoms with E-state index in [9.17, 15) is 13.2 Å². The molecule has 0 unspecified atom stereocenters. The molecule has 0 spiro atoms. The lowest BCUT2D eigenvalue weighted by atomic mass is 10.1. The first-order valence-electron chi connectivity index (χ1n) is 7.32. The van der Waals surface area contributed by atoms with Gasteiger partial charge in [-0.15, -0.1) is 0 Å². The second-order valence-corrected chi connectivity index (χ2v) is 5.23. The van der Waals surface area contributed by atoms with Gasteiger partial charge in [-0.1, -0.05) is 18.2 Å². The Morgan fingerprint density at radius 2 is 1.88 bits per heavy atom. The van der Waals surface area contributed by atoms with E-state index in [0.29, 0.717) is 11.6 Å². The molecule has 0 aliphatic rings. The predicted octanol–water partition coefficient (Wildman–Crippen LogP) is 4.84. The molecule has 126 valence electrons. The van der Waals surface area contributed by atoms with Gasteiger partial charge in [0, 0.05) is 11.3 Å². The van der Waals surface area contributed by atoms with Crippen LogP contribution >= 0.6 is 0 Å². The summed E-state index contributed by atoms with van der Waals surface area (Å²) in [6.07, 6.45) is -3.13. The highest BCUT2D eigenvalue weighted by Crippen LogP contribution is 2.35. The van der Waals surface area contributed by atoms with Crippen molar-refractivity contribution >= 4 is 5.69 Å². The monoisotopic (exact) mass is 343 g/mol. The summed E-state index contributed by atoms with van der Waals surface area (Å²) in [6.45, 7) is 0.0360. The van der Waals surface area contributed by atoms with Gasteiger partial charge in [0.05, 0.1) is 29.4 Å². The zero-order valence-corrected chi connectivity index (χ0v) is 12.8. The molecule has 3 rings (SSSR count). The van der Waals surface area contributed by atoms with Gasteiger partial charge in [-0.3, -0.25) is 0 Å². The first-order valence-corrected chi connectivity index (χ1v) is 7.32. The Hall–Kier alpha value is -3.27. The Kier molecular flexibility index (Phi) is 4.44. The number of benzene rings is 2. The lowest BCUT2D eigenvalue weighted by Crippen LogP contribution is -2.11. The van der Waals surface area contributed by atoms with E-state index in [0.717, 1.165) is 17.7 Å². The highest BCUT2D eigenvalue weighted by molar-refractivity contribution is 5.57. The van der Waals surface area contributed by atoms with Crippen molar-refractivity contribution in [2.45, 2.75) is 12.7 Å². The van der Waals surface area contributed by atoms with E-state index >= 15 is 0 Å². The quantitative estimate of drug-likeness (QED) is 0.736. The largest absolute Gasteiger partial charge is 0.444 e. The Bertz CT molecular complexity index is 911. The van der Waals surface area contributed by atoms with E-state index in [1.807, 2.05) is 36.4 Å². The normalized spacial score (nSPS) is 11.1. The molecule has 7 heteroatoms. The lowest BCUT2D eigenvalue weighted by molar-refractivity contribution is -0.137. The number of nitriles is 1. The second kappa shape index (κ2) is 6.69. The molecule has 0 saturated heterocycles. The fourth-order valence-electron chi connectivity index (χ4n) is 2.29. The van der Waals surface area contributed by atoms with Crippen molar-refractivity contribution in [3.05, 3.63) is 71.6 Å². The highest BCUT2D eigenvalue weighted by atomic mass is 19.4. The third-order valence-electron chi connectivity index (χ3n) is 3.49. The molecular formula is C18H12F3N3O. The van der Waals surface area contributed by atoms with Gasteiger partial charge >= 0.3 is 6.18 Å². The van der Waals surface area contributed by atoms with Crippen LogP contribution in [0.2, 0.25) is 0 Å². The van der Waals surface area contributed by atoms with Crippen LogP contribution in [0.1, 0.15) is 16.8 Å². The average molecular weight is 343 g/mol. The van der Waals surface area contributed by atoms with Gasteiger partial charge in [-0.25, -0.2) is 4.98 Å². The van der Waals surface area contributed by atoms with Gasteiger partial charge in [0.15, 0.2) is 0 Å². The van der Waals surface area contributed by atoms with Crippen LogP contribution < -0.4 is 5.32 Å². The van der Waals surface area contributed by atoms with E-state index < -0.39 is 11.7 Å². The summed E-state index contributed by atoms with van der Waals surface area (Å²) >= 11 is 0. The van der Waals surface area contributed by atoms with Gasteiger partial charge in [0.25, 0.3) is 0 Å². The third-order valence-corrected chi connectivity index (χ3v) is 3.49. The highest BCUT2D eigenvalue weighted by Gasteiger charge is 2.33. The number of nitrogens with zero attached hydrogens (tertiary/aromatic N) is 2. The Balaban J connectivity index is 1.80. The first-order chi connectivity index (χ1) is 12.0. The molecule has 0 amide bonds. The smallest absolute Gasteiger partial charge is 0.418 e. The molecule has 4 nitrogen and oxygen atoms in total. The maximum atomic E-state index is 13.1. The second-order valence-electron chi connectivity index (χ2n) is 5.23. The van der Waals surface area contributed by atoms with E-state index in [2.05, 4.69) is 10.3 Å². The van der Waals surface area contributed by atoms with E-state index in [1.54, 1.807) is 0 Å². The van der Waals surface area contributed by atoms with Gasteiger partial charge in [-0.2, -0.15) is 18.4 Å². The van der Waals surface area contributed by atoms with Crippen molar-refractivity contribution in [1.29, 1.82) is 5.26 Å². The van der Waals surface area contributed by atoms with Crippen LogP contribution in [0.3, 0.4) is 0 Å². The summed E-state index contributed by atoms with van der Waals surface area (Å²) in [5.41, 5.74) is 0.361. The number of halogens is 3. The molecule has 2 aromatic carbocycles. The maximum absolute atomic E-state index is 13.1. The average Bonchev–Trinajstić information content (AvgIpc) is 3.08. The SMILES string of the molecule is N#Cc1ccc(C(F)(F)F)c(NCc2coc(-c3ccccc3)n2)c1. The Morgan fingerprint density at radius 1 is 1.12 bits per heavy atom. The number of anilines is 1.